The van der Waals surface area contributed by atoms with Crippen LogP contribution < -0.4 is 0 Å². The van der Waals surface area contributed by atoms with Gasteiger partial charge in [-0.25, -0.2) is 4.98 Å². The number of benzene rings is 1. The Balaban J connectivity index is 2.24. The zero-order chi connectivity index (χ0) is 13.1. The van der Waals surface area contributed by atoms with Gasteiger partial charge in [0.1, 0.15) is 10.9 Å². The minimum absolute atomic E-state index is 0.490. The number of hydrogen-bond acceptors (Lipinski definition) is 3. The standard InChI is InChI=1S/C14H15NO2S/c1-9-4-3-5-11(6-9)7-12(14(16)17)13-15-10(2)8-18-13/h3-6,8,12H,7H2,1-2H3,(H,16,17). The van der Waals surface area contributed by atoms with Crippen LogP contribution in [0, 0.1) is 13.8 Å². The molecular formula is C14H15NO2S. The van der Waals surface area contributed by atoms with Crippen LogP contribution in [-0.2, 0) is 11.2 Å². The predicted octanol–water partition coefficient (Wildman–Crippen LogP) is 3.17. The van der Waals surface area contributed by atoms with Gasteiger partial charge in [0.15, 0.2) is 0 Å². The van der Waals surface area contributed by atoms with E-state index in [1.54, 1.807) is 0 Å². The number of rotatable bonds is 4. The van der Waals surface area contributed by atoms with E-state index in [0.29, 0.717) is 11.4 Å². The Morgan fingerprint density at radius 3 is 2.78 bits per heavy atom. The van der Waals surface area contributed by atoms with Crippen molar-refractivity contribution in [2.24, 2.45) is 0 Å². The Labute approximate surface area is 110 Å². The molecule has 3 nitrogen and oxygen atoms in total. The largest absolute Gasteiger partial charge is 0.481 e. The summed E-state index contributed by atoms with van der Waals surface area (Å²) in [7, 11) is 0. The summed E-state index contributed by atoms with van der Waals surface area (Å²) in [6.07, 6.45) is 0.490. The molecule has 0 saturated heterocycles. The molecule has 0 aliphatic rings. The van der Waals surface area contributed by atoms with Gasteiger partial charge in [0.2, 0.25) is 0 Å². The van der Waals surface area contributed by atoms with Crippen LogP contribution in [0.4, 0.5) is 0 Å². The molecule has 18 heavy (non-hydrogen) atoms. The minimum Gasteiger partial charge on any atom is -0.481 e. The normalized spacial score (nSPS) is 12.3. The van der Waals surface area contributed by atoms with Crippen molar-refractivity contribution in [2.75, 3.05) is 0 Å². The first kappa shape index (κ1) is 12.8. The molecule has 94 valence electrons. The number of hydrogen-bond donors (Lipinski definition) is 1. The third-order valence-electron chi connectivity index (χ3n) is 2.76. The van der Waals surface area contributed by atoms with Gasteiger partial charge in [-0.05, 0) is 25.8 Å². The Morgan fingerprint density at radius 1 is 1.44 bits per heavy atom. The topological polar surface area (TPSA) is 50.2 Å². The second-order valence-electron chi connectivity index (χ2n) is 4.41. The van der Waals surface area contributed by atoms with Crippen LogP contribution in [-0.4, -0.2) is 16.1 Å². The lowest BCUT2D eigenvalue weighted by Crippen LogP contribution is -2.14. The Hall–Kier alpha value is -1.68. The third-order valence-corrected chi connectivity index (χ3v) is 3.83. The molecule has 0 aliphatic carbocycles. The van der Waals surface area contributed by atoms with Crippen molar-refractivity contribution in [1.29, 1.82) is 0 Å². The molecule has 1 N–H and O–H groups in total. The molecule has 1 unspecified atom stereocenters. The Kier molecular flexibility index (Phi) is 3.77. The van der Waals surface area contributed by atoms with Crippen LogP contribution in [0.1, 0.15) is 27.7 Å². The molecule has 1 atom stereocenters. The van der Waals surface area contributed by atoms with Crippen molar-refractivity contribution in [2.45, 2.75) is 26.2 Å². The minimum atomic E-state index is -0.814. The average Bonchev–Trinajstić information content (AvgIpc) is 2.72. The molecule has 0 amide bonds. The zero-order valence-corrected chi connectivity index (χ0v) is 11.2. The fourth-order valence-electron chi connectivity index (χ4n) is 1.89. The number of aromatic nitrogens is 1. The molecule has 2 rings (SSSR count). The van der Waals surface area contributed by atoms with E-state index in [2.05, 4.69) is 4.98 Å². The highest BCUT2D eigenvalue weighted by atomic mass is 32.1. The number of carboxylic acids is 1. The van der Waals surface area contributed by atoms with Gasteiger partial charge in [-0.1, -0.05) is 29.8 Å². The van der Waals surface area contributed by atoms with Crippen LogP contribution >= 0.6 is 11.3 Å². The van der Waals surface area contributed by atoms with Crippen LogP contribution in [0.15, 0.2) is 29.6 Å². The first-order valence-corrected chi connectivity index (χ1v) is 6.64. The smallest absolute Gasteiger partial charge is 0.313 e. The van der Waals surface area contributed by atoms with E-state index in [0.717, 1.165) is 16.8 Å². The summed E-state index contributed by atoms with van der Waals surface area (Å²) >= 11 is 1.42. The number of thiazole rings is 1. The summed E-state index contributed by atoms with van der Waals surface area (Å²) in [6, 6.07) is 7.95. The third kappa shape index (κ3) is 2.96. The number of carboxylic acid groups (broad SMARTS) is 1. The van der Waals surface area contributed by atoms with Crippen LogP contribution in [0.2, 0.25) is 0 Å². The molecule has 0 aliphatic heterocycles. The highest BCUT2D eigenvalue weighted by Gasteiger charge is 2.23. The molecular weight excluding hydrogens is 246 g/mol. The van der Waals surface area contributed by atoms with E-state index < -0.39 is 11.9 Å². The van der Waals surface area contributed by atoms with Gasteiger partial charge >= 0.3 is 5.97 Å². The lowest BCUT2D eigenvalue weighted by atomic mass is 9.99. The summed E-state index contributed by atoms with van der Waals surface area (Å²) in [5.41, 5.74) is 3.06. The van der Waals surface area contributed by atoms with Crippen LogP contribution in [0.3, 0.4) is 0 Å². The van der Waals surface area contributed by atoms with Gasteiger partial charge in [0, 0.05) is 11.1 Å². The molecule has 0 radical (unpaired) electrons. The van der Waals surface area contributed by atoms with Gasteiger partial charge in [-0.3, -0.25) is 4.79 Å². The van der Waals surface area contributed by atoms with Crippen LogP contribution in [0.25, 0.3) is 0 Å². The highest BCUT2D eigenvalue weighted by Crippen LogP contribution is 2.24. The predicted molar refractivity (Wildman–Crippen MR) is 72.1 cm³/mol. The first-order valence-electron chi connectivity index (χ1n) is 5.76. The lowest BCUT2D eigenvalue weighted by molar-refractivity contribution is -0.138. The van der Waals surface area contributed by atoms with E-state index in [-0.39, 0.29) is 0 Å². The van der Waals surface area contributed by atoms with Gasteiger partial charge in [0.05, 0.1) is 0 Å². The van der Waals surface area contributed by atoms with Crippen molar-refractivity contribution in [1.82, 2.24) is 4.98 Å². The second-order valence-corrected chi connectivity index (χ2v) is 5.30. The van der Waals surface area contributed by atoms with Crippen molar-refractivity contribution in [3.8, 4) is 0 Å². The first-order chi connectivity index (χ1) is 8.56. The summed E-state index contributed by atoms with van der Waals surface area (Å²) < 4.78 is 0. The quantitative estimate of drug-likeness (QED) is 0.919. The monoisotopic (exact) mass is 261 g/mol. The van der Waals surface area contributed by atoms with E-state index in [1.165, 1.54) is 11.3 Å². The Bertz CT molecular complexity index is 562. The van der Waals surface area contributed by atoms with Crippen molar-refractivity contribution < 1.29 is 9.90 Å². The lowest BCUT2D eigenvalue weighted by Gasteiger charge is -2.10. The van der Waals surface area contributed by atoms with Gasteiger partial charge in [-0.15, -0.1) is 11.3 Å². The fraction of sp³-hybridized carbons (Fsp3) is 0.286. The molecule has 2 aromatic rings. The van der Waals surface area contributed by atoms with Crippen molar-refractivity contribution in [3.05, 3.63) is 51.5 Å². The van der Waals surface area contributed by atoms with E-state index in [9.17, 15) is 9.90 Å². The fourth-order valence-corrected chi connectivity index (χ4v) is 2.78. The second kappa shape index (κ2) is 5.31. The average molecular weight is 261 g/mol. The molecule has 1 aromatic carbocycles. The number of nitrogens with zero attached hydrogens (tertiary/aromatic N) is 1. The summed E-state index contributed by atoms with van der Waals surface area (Å²) in [4.78, 5) is 15.7. The summed E-state index contributed by atoms with van der Waals surface area (Å²) in [6.45, 7) is 3.89. The zero-order valence-electron chi connectivity index (χ0n) is 10.4. The van der Waals surface area contributed by atoms with Crippen molar-refractivity contribution in [3.63, 3.8) is 0 Å². The maximum Gasteiger partial charge on any atom is 0.313 e. The molecule has 0 fully saturated rings. The van der Waals surface area contributed by atoms with Crippen molar-refractivity contribution >= 4 is 17.3 Å². The molecule has 0 bridgehead atoms. The summed E-state index contributed by atoms with van der Waals surface area (Å²) in [5, 5.41) is 11.9. The molecule has 0 spiro atoms. The molecule has 1 heterocycles. The van der Waals surface area contributed by atoms with Gasteiger partial charge in [-0.2, -0.15) is 0 Å². The molecule has 4 heteroatoms. The van der Waals surface area contributed by atoms with Gasteiger partial charge < -0.3 is 5.11 Å². The summed E-state index contributed by atoms with van der Waals surface area (Å²) in [5.74, 6) is -1.36. The number of aryl methyl sites for hydroxylation is 2. The SMILES string of the molecule is Cc1cccc(CC(C(=O)O)c2nc(C)cs2)c1. The molecule has 1 aromatic heterocycles. The van der Waals surface area contributed by atoms with E-state index in [4.69, 9.17) is 0 Å². The maximum absolute atomic E-state index is 11.4. The van der Waals surface area contributed by atoms with Gasteiger partial charge in [0.25, 0.3) is 0 Å². The highest BCUT2D eigenvalue weighted by molar-refractivity contribution is 7.09. The van der Waals surface area contributed by atoms with E-state index >= 15 is 0 Å². The number of carbonyl (C=O) groups is 1. The maximum atomic E-state index is 11.4. The Morgan fingerprint density at radius 2 is 2.22 bits per heavy atom. The van der Waals surface area contributed by atoms with E-state index in [1.807, 2.05) is 43.5 Å². The van der Waals surface area contributed by atoms with Crippen LogP contribution in [0.5, 0.6) is 0 Å². The molecule has 0 saturated carbocycles. The number of aliphatic carboxylic acids is 1.